The minimum atomic E-state index is -3.11. The summed E-state index contributed by atoms with van der Waals surface area (Å²) in [6, 6.07) is 8.64. The Morgan fingerprint density at radius 2 is 2.14 bits per heavy atom. The van der Waals surface area contributed by atoms with Crippen molar-refractivity contribution in [1.29, 1.82) is 5.26 Å². The zero-order valence-corrected chi connectivity index (χ0v) is 13.4. The standard InChI is InChI=1S/C16H18N2O3S/c1-12-13(2)22(20,21)9-8-18(12)16(19)7-6-14-4-3-5-15(10-14)11-17/h3-7,10,12-13H,8-9H2,1-2H3/b7-6-/t12-,13+/m1/s1. The summed E-state index contributed by atoms with van der Waals surface area (Å²) in [7, 11) is -3.11. The molecule has 116 valence electrons. The van der Waals surface area contributed by atoms with Gasteiger partial charge in [0.15, 0.2) is 9.84 Å². The van der Waals surface area contributed by atoms with Gasteiger partial charge in [-0.25, -0.2) is 8.42 Å². The molecule has 1 aromatic rings. The lowest BCUT2D eigenvalue weighted by molar-refractivity contribution is -0.127. The predicted octanol–water partition coefficient (Wildman–Crippen LogP) is 1.61. The van der Waals surface area contributed by atoms with Gasteiger partial charge in [-0.05, 0) is 37.6 Å². The first-order chi connectivity index (χ1) is 10.3. The second-order valence-electron chi connectivity index (χ2n) is 5.41. The highest BCUT2D eigenvalue weighted by molar-refractivity contribution is 7.92. The van der Waals surface area contributed by atoms with Crippen molar-refractivity contribution in [3.8, 4) is 6.07 Å². The summed E-state index contributed by atoms with van der Waals surface area (Å²) in [6.07, 6.45) is 3.07. The monoisotopic (exact) mass is 318 g/mol. The van der Waals surface area contributed by atoms with Gasteiger partial charge in [-0.3, -0.25) is 4.79 Å². The first kappa shape index (κ1) is 16.2. The molecule has 0 aliphatic carbocycles. The summed E-state index contributed by atoms with van der Waals surface area (Å²) in [5.41, 5.74) is 1.29. The second-order valence-corrected chi connectivity index (χ2v) is 7.89. The van der Waals surface area contributed by atoms with E-state index < -0.39 is 15.1 Å². The number of sulfone groups is 1. The number of amides is 1. The van der Waals surface area contributed by atoms with Gasteiger partial charge in [-0.15, -0.1) is 0 Å². The Kier molecular flexibility index (Phi) is 4.67. The van der Waals surface area contributed by atoms with Crippen LogP contribution in [-0.4, -0.2) is 42.8 Å². The lowest BCUT2D eigenvalue weighted by Gasteiger charge is -2.36. The van der Waals surface area contributed by atoms with Gasteiger partial charge in [0.25, 0.3) is 0 Å². The minimum absolute atomic E-state index is 0.00199. The molecule has 2 atom stereocenters. The number of carbonyl (C=O) groups excluding carboxylic acids is 1. The highest BCUT2D eigenvalue weighted by Gasteiger charge is 2.37. The fraction of sp³-hybridized carbons (Fsp3) is 0.375. The van der Waals surface area contributed by atoms with Crippen LogP contribution in [0.5, 0.6) is 0 Å². The average molecular weight is 318 g/mol. The smallest absolute Gasteiger partial charge is 0.246 e. The van der Waals surface area contributed by atoms with Gasteiger partial charge in [-0.2, -0.15) is 5.26 Å². The van der Waals surface area contributed by atoms with Crippen LogP contribution in [0.4, 0.5) is 0 Å². The highest BCUT2D eigenvalue weighted by atomic mass is 32.2. The van der Waals surface area contributed by atoms with Gasteiger partial charge in [0.05, 0.1) is 22.6 Å². The molecule has 22 heavy (non-hydrogen) atoms. The number of hydrogen-bond donors (Lipinski definition) is 0. The molecule has 1 fully saturated rings. The van der Waals surface area contributed by atoms with E-state index in [1.807, 2.05) is 6.07 Å². The fourth-order valence-corrected chi connectivity index (χ4v) is 4.02. The van der Waals surface area contributed by atoms with Crippen LogP contribution in [0.25, 0.3) is 6.08 Å². The van der Waals surface area contributed by atoms with Crippen LogP contribution >= 0.6 is 0 Å². The molecule has 1 aromatic carbocycles. The fourth-order valence-electron chi connectivity index (χ4n) is 2.45. The Labute approximate surface area is 130 Å². The Hall–Kier alpha value is -2.13. The molecular formula is C16H18N2O3S. The third-order valence-corrected chi connectivity index (χ3v) is 6.35. The van der Waals surface area contributed by atoms with Crippen LogP contribution in [0.1, 0.15) is 25.0 Å². The minimum Gasteiger partial charge on any atom is -0.334 e. The maximum atomic E-state index is 12.3. The van der Waals surface area contributed by atoms with Crippen LogP contribution in [0.3, 0.4) is 0 Å². The van der Waals surface area contributed by atoms with Crippen molar-refractivity contribution in [3.63, 3.8) is 0 Å². The van der Waals surface area contributed by atoms with Crippen molar-refractivity contribution < 1.29 is 13.2 Å². The van der Waals surface area contributed by atoms with E-state index in [1.165, 1.54) is 6.08 Å². The van der Waals surface area contributed by atoms with Crippen molar-refractivity contribution in [3.05, 3.63) is 41.5 Å². The van der Waals surface area contributed by atoms with E-state index in [2.05, 4.69) is 0 Å². The van der Waals surface area contributed by atoms with Crippen LogP contribution in [0.15, 0.2) is 30.3 Å². The van der Waals surface area contributed by atoms with Gasteiger partial charge in [0.1, 0.15) is 0 Å². The third-order valence-electron chi connectivity index (χ3n) is 4.07. The molecule has 0 aromatic heterocycles. The molecule has 0 spiro atoms. The van der Waals surface area contributed by atoms with E-state index in [0.717, 1.165) is 5.56 Å². The summed E-state index contributed by atoms with van der Waals surface area (Å²) < 4.78 is 23.6. The maximum Gasteiger partial charge on any atom is 0.246 e. The van der Waals surface area contributed by atoms with Gasteiger partial charge < -0.3 is 4.90 Å². The molecular weight excluding hydrogens is 300 g/mol. The quantitative estimate of drug-likeness (QED) is 0.776. The molecule has 0 unspecified atom stereocenters. The Morgan fingerprint density at radius 1 is 1.41 bits per heavy atom. The summed E-state index contributed by atoms with van der Waals surface area (Å²) in [5.74, 6) is -0.209. The second kappa shape index (κ2) is 6.32. The number of nitrogens with zero attached hydrogens (tertiary/aromatic N) is 2. The van der Waals surface area contributed by atoms with Crippen molar-refractivity contribution >= 4 is 21.8 Å². The Bertz CT molecular complexity index is 747. The largest absolute Gasteiger partial charge is 0.334 e. The number of nitriles is 1. The van der Waals surface area contributed by atoms with E-state index in [-0.39, 0.29) is 24.2 Å². The number of rotatable bonds is 2. The zero-order chi connectivity index (χ0) is 16.3. The van der Waals surface area contributed by atoms with Gasteiger partial charge >= 0.3 is 0 Å². The molecule has 0 saturated carbocycles. The highest BCUT2D eigenvalue weighted by Crippen LogP contribution is 2.19. The molecule has 0 bridgehead atoms. The Morgan fingerprint density at radius 3 is 2.82 bits per heavy atom. The zero-order valence-electron chi connectivity index (χ0n) is 12.6. The molecule has 1 saturated heterocycles. The molecule has 1 amide bonds. The van der Waals surface area contributed by atoms with Crippen molar-refractivity contribution in [2.45, 2.75) is 25.1 Å². The lowest BCUT2D eigenvalue weighted by atomic mass is 10.1. The molecule has 1 aliphatic heterocycles. The summed E-state index contributed by atoms with van der Waals surface area (Å²) in [5, 5.41) is 8.30. The average Bonchev–Trinajstić information content (AvgIpc) is 2.51. The summed E-state index contributed by atoms with van der Waals surface area (Å²) >= 11 is 0. The number of carbonyl (C=O) groups is 1. The van der Waals surface area contributed by atoms with Crippen molar-refractivity contribution in [2.24, 2.45) is 0 Å². The topological polar surface area (TPSA) is 78.2 Å². The molecule has 5 nitrogen and oxygen atoms in total. The van der Waals surface area contributed by atoms with Crippen molar-refractivity contribution in [1.82, 2.24) is 4.90 Å². The van der Waals surface area contributed by atoms with E-state index in [1.54, 1.807) is 49.1 Å². The van der Waals surface area contributed by atoms with Crippen LogP contribution in [0.2, 0.25) is 0 Å². The predicted molar refractivity (Wildman–Crippen MR) is 84.6 cm³/mol. The molecule has 0 N–H and O–H groups in total. The van der Waals surface area contributed by atoms with Crippen LogP contribution in [-0.2, 0) is 14.6 Å². The van der Waals surface area contributed by atoms with Crippen molar-refractivity contribution in [2.75, 3.05) is 12.3 Å². The summed E-state index contributed by atoms with van der Waals surface area (Å²) in [4.78, 5) is 13.9. The number of benzene rings is 1. The van der Waals surface area contributed by atoms with Gasteiger partial charge in [-0.1, -0.05) is 12.1 Å². The van der Waals surface area contributed by atoms with E-state index in [9.17, 15) is 13.2 Å². The van der Waals surface area contributed by atoms with E-state index >= 15 is 0 Å². The summed E-state index contributed by atoms with van der Waals surface area (Å²) in [6.45, 7) is 3.61. The first-order valence-electron chi connectivity index (χ1n) is 7.05. The van der Waals surface area contributed by atoms with Gasteiger partial charge in [0.2, 0.25) is 5.91 Å². The lowest BCUT2D eigenvalue weighted by Crippen LogP contribution is -2.53. The molecule has 1 aliphatic rings. The molecule has 0 radical (unpaired) electrons. The van der Waals surface area contributed by atoms with Crippen LogP contribution in [0, 0.1) is 11.3 Å². The number of hydrogen-bond acceptors (Lipinski definition) is 4. The van der Waals surface area contributed by atoms with Crippen LogP contribution < -0.4 is 0 Å². The SMILES string of the molecule is C[C@@H]1[C@H](C)S(=O)(=O)CCN1C(=O)/C=C\c1cccc(C#N)c1. The third kappa shape index (κ3) is 3.37. The molecule has 2 rings (SSSR count). The van der Waals surface area contributed by atoms with E-state index in [4.69, 9.17) is 5.26 Å². The maximum absolute atomic E-state index is 12.3. The van der Waals surface area contributed by atoms with Gasteiger partial charge in [0, 0.05) is 18.7 Å². The molecule has 6 heteroatoms. The van der Waals surface area contributed by atoms with E-state index in [0.29, 0.717) is 5.56 Å². The Balaban J connectivity index is 2.12. The molecule has 1 heterocycles. The first-order valence-corrected chi connectivity index (χ1v) is 8.77. The normalized spacial score (nSPS) is 24.1.